The van der Waals surface area contributed by atoms with Gasteiger partial charge in [-0.3, -0.25) is 4.79 Å². The van der Waals surface area contributed by atoms with Crippen LogP contribution in [0.4, 0.5) is 0 Å². The highest BCUT2D eigenvalue weighted by atomic mass is 79.9. The predicted molar refractivity (Wildman–Crippen MR) is 66.0 cm³/mol. The summed E-state index contributed by atoms with van der Waals surface area (Å²) in [4.78, 5) is 11.4. The molecular weight excluding hydrogens is 252 g/mol. The molecule has 0 aliphatic heterocycles. The molecule has 15 heavy (non-hydrogen) atoms. The van der Waals surface area contributed by atoms with Crippen molar-refractivity contribution in [2.24, 2.45) is 0 Å². The first-order valence-electron chi connectivity index (χ1n) is 5.09. The average Bonchev–Trinajstić information content (AvgIpc) is 2.52. The van der Waals surface area contributed by atoms with Gasteiger partial charge in [-0.1, -0.05) is 23.8 Å². The van der Waals surface area contributed by atoms with E-state index in [0.29, 0.717) is 6.42 Å². The Balaban J connectivity index is 2.55. The summed E-state index contributed by atoms with van der Waals surface area (Å²) in [7, 11) is 0. The molecule has 0 unspecified atom stereocenters. The maximum absolute atomic E-state index is 11.4. The predicted octanol–water partition coefficient (Wildman–Crippen LogP) is 3.77. The van der Waals surface area contributed by atoms with Crippen LogP contribution in [0.5, 0.6) is 0 Å². The fourth-order valence-electron chi connectivity index (χ4n) is 1.94. The van der Waals surface area contributed by atoms with Crippen molar-refractivity contribution in [1.82, 2.24) is 0 Å². The highest BCUT2D eigenvalue weighted by Crippen LogP contribution is 2.36. The summed E-state index contributed by atoms with van der Waals surface area (Å²) in [5, 5.41) is 0. The monoisotopic (exact) mass is 264 g/mol. The van der Waals surface area contributed by atoms with E-state index in [1.165, 1.54) is 22.3 Å². The van der Waals surface area contributed by atoms with Crippen LogP contribution in [0.1, 0.15) is 29.5 Å². The van der Waals surface area contributed by atoms with Crippen molar-refractivity contribution in [3.63, 3.8) is 0 Å². The molecule has 2 heteroatoms. The first-order valence-corrected chi connectivity index (χ1v) is 5.88. The standard InChI is InChI=1S/C13H13BrO/c1-8-3-4-9(2)11(7-8)10-5-6-12(15)13(10)14/h3-4,7H,5-6H2,1-2H3. The largest absolute Gasteiger partial charge is 0.294 e. The smallest absolute Gasteiger partial charge is 0.170 e. The van der Waals surface area contributed by atoms with E-state index in [1.807, 2.05) is 0 Å². The van der Waals surface area contributed by atoms with Gasteiger partial charge in [-0.2, -0.15) is 0 Å². The molecule has 1 aromatic rings. The zero-order chi connectivity index (χ0) is 11.0. The normalized spacial score (nSPS) is 16.3. The summed E-state index contributed by atoms with van der Waals surface area (Å²) in [6, 6.07) is 6.37. The fraction of sp³-hybridized carbons (Fsp3) is 0.308. The van der Waals surface area contributed by atoms with Crippen molar-refractivity contribution in [2.75, 3.05) is 0 Å². The van der Waals surface area contributed by atoms with Crippen LogP contribution in [0.2, 0.25) is 0 Å². The van der Waals surface area contributed by atoms with Gasteiger partial charge in [0.15, 0.2) is 5.78 Å². The van der Waals surface area contributed by atoms with Gasteiger partial charge in [0.25, 0.3) is 0 Å². The molecule has 0 bridgehead atoms. The molecule has 0 amide bonds. The molecule has 1 nitrogen and oxygen atoms in total. The first kappa shape index (κ1) is 10.6. The summed E-state index contributed by atoms with van der Waals surface area (Å²) in [6.07, 6.45) is 1.51. The minimum atomic E-state index is 0.228. The van der Waals surface area contributed by atoms with Gasteiger partial charge >= 0.3 is 0 Å². The third kappa shape index (κ3) is 1.91. The van der Waals surface area contributed by atoms with Crippen LogP contribution in [0, 0.1) is 13.8 Å². The number of carbonyl (C=O) groups excluding carboxylic acids is 1. The molecule has 0 spiro atoms. The lowest BCUT2D eigenvalue weighted by Gasteiger charge is -2.08. The molecule has 0 saturated heterocycles. The summed E-state index contributed by atoms with van der Waals surface area (Å²) >= 11 is 3.40. The first-order chi connectivity index (χ1) is 7.09. The van der Waals surface area contributed by atoms with E-state index < -0.39 is 0 Å². The Morgan fingerprint density at radius 2 is 1.93 bits per heavy atom. The zero-order valence-corrected chi connectivity index (χ0v) is 10.5. The zero-order valence-electron chi connectivity index (χ0n) is 8.93. The van der Waals surface area contributed by atoms with Gasteiger partial charge < -0.3 is 0 Å². The molecular formula is C13H13BrO. The van der Waals surface area contributed by atoms with E-state index >= 15 is 0 Å². The summed E-state index contributed by atoms with van der Waals surface area (Å²) in [6.45, 7) is 4.17. The highest BCUT2D eigenvalue weighted by molar-refractivity contribution is 9.12. The van der Waals surface area contributed by atoms with Crippen LogP contribution in [0.3, 0.4) is 0 Å². The Hall–Kier alpha value is -0.890. The van der Waals surface area contributed by atoms with Gasteiger partial charge in [0, 0.05) is 6.42 Å². The van der Waals surface area contributed by atoms with Crippen molar-refractivity contribution in [1.29, 1.82) is 0 Å². The number of hydrogen-bond acceptors (Lipinski definition) is 1. The Labute approximate surface area is 98.3 Å². The number of ketones is 1. The molecule has 0 saturated carbocycles. The Kier molecular flexibility index (Phi) is 2.79. The topological polar surface area (TPSA) is 17.1 Å². The Bertz CT molecular complexity index is 458. The van der Waals surface area contributed by atoms with E-state index in [4.69, 9.17) is 0 Å². The summed E-state index contributed by atoms with van der Waals surface area (Å²) < 4.78 is 0.774. The Morgan fingerprint density at radius 1 is 1.20 bits per heavy atom. The maximum atomic E-state index is 11.4. The number of allylic oxidation sites excluding steroid dienone is 2. The van der Waals surface area contributed by atoms with Crippen LogP contribution in [0.15, 0.2) is 22.7 Å². The molecule has 0 aromatic heterocycles. The van der Waals surface area contributed by atoms with Crippen molar-refractivity contribution in [2.45, 2.75) is 26.7 Å². The number of benzene rings is 1. The van der Waals surface area contributed by atoms with Gasteiger partial charge in [0.2, 0.25) is 0 Å². The average molecular weight is 265 g/mol. The lowest BCUT2D eigenvalue weighted by atomic mass is 9.98. The molecule has 0 N–H and O–H groups in total. The van der Waals surface area contributed by atoms with E-state index in [0.717, 1.165) is 10.9 Å². The minimum absolute atomic E-state index is 0.228. The quantitative estimate of drug-likeness (QED) is 0.755. The molecule has 0 heterocycles. The van der Waals surface area contributed by atoms with E-state index in [2.05, 4.69) is 48.0 Å². The van der Waals surface area contributed by atoms with E-state index in [1.54, 1.807) is 0 Å². The molecule has 0 fully saturated rings. The van der Waals surface area contributed by atoms with Crippen LogP contribution in [0.25, 0.3) is 5.57 Å². The number of Topliss-reactive ketones (excluding diaryl/α,β-unsaturated/α-hetero) is 1. The highest BCUT2D eigenvalue weighted by Gasteiger charge is 2.22. The van der Waals surface area contributed by atoms with Crippen LogP contribution in [-0.2, 0) is 4.79 Å². The second-order valence-electron chi connectivity index (χ2n) is 4.03. The number of aryl methyl sites for hydroxylation is 2. The van der Waals surface area contributed by atoms with Gasteiger partial charge in [0.1, 0.15) is 0 Å². The minimum Gasteiger partial charge on any atom is -0.294 e. The molecule has 1 aromatic carbocycles. The third-order valence-corrected chi connectivity index (χ3v) is 3.75. The van der Waals surface area contributed by atoms with E-state index in [-0.39, 0.29) is 5.78 Å². The van der Waals surface area contributed by atoms with Crippen molar-refractivity contribution >= 4 is 27.3 Å². The van der Waals surface area contributed by atoms with Gasteiger partial charge in [0.05, 0.1) is 4.48 Å². The lowest BCUT2D eigenvalue weighted by Crippen LogP contribution is -1.90. The lowest BCUT2D eigenvalue weighted by molar-refractivity contribution is -0.114. The Morgan fingerprint density at radius 3 is 2.53 bits per heavy atom. The molecule has 1 aliphatic carbocycles. The molecule has 2 rings (SSSR count). The number of hydrogen-bond donors (Lipinski definition) is 0. The molecule has 0 radical (unpaired) electrons. The van der Waals surface area contributed by atoms with Gasteiger partial charge in [-0.15, -0.1) is 0 Å². The SMILES string of the molecule is Cc1ccc(C)c(C2=C(Br)C(=O)CC2)c1. The second-order valence-corrected chi connectivity index (χ2v) is 4.83. The summed E-state index contributed by atoms with van der Waals surface area (Å²) in [5.74, 6) is 0.228. The maximum Gasteiger partial charge on any atom is 0.170 e. The number of carbonyl (C=O) groups is 1. The molecule has 0 atom stereocenters. The van der Waals surface area contributed by atoms with Crippen LogP contribution in [-0.4, -0.2) is 5.78 Å². The van der Waals surface area contributed by atoms with Crippen molar-refractivity contribution in [3.05, 3.63) is 39.4 Å². The molecule has 78 valence electrons. The van der Waals surface area contributed by atoms with Crippen LogP contribution < -0.4 is 0 Å². The van der Waals surface area contributed by atoms with Crippen molar-refractivity contribution < 1.29 is 4.79 Å². The van der Waals surface area contributed by atoms with Gasteiger partial charge in [-0.25, -0.2) is 0 Å². The van der Waals surface area contributed by atoms with Crippen molar-refractivity contribution in [3.8, 4) is 0 Å². The molecule has 1 aliphatic rings. The van der Waals surface area contributed by atoms with Crippen LogP contribution >= 0.6 is 15.9 Å². The fourth-order valence-corrected chi connectivity index (χ4v) is 2.55. The second kappa shape index (κ2) is 3.93. The third-order valence-electron chi connectivity index (χ3n) is 2.83. The number of rotatable bonds is 1. The number of halogens is 1. The van der Waals surface area contributed by atoms with Gasteiger partial charge in [-0.05, 0) is 52.9 Å². The summed E-state index contributed by atoms with van der Waals surface area (Å²) in [5.41, 5.74) is 4.86. The van der Waals surface area contributed by atoms with E-state index in [9.17, 15) is 4.79 Å².